The predicted molar refractivity (Wildman–Crippen MR) is 75.1 cm³/mol. The van der Waals surface area contributed by atoms with E-state index in [0.717, 1.165) is 22.6 Å². The van der Waals surface area contributed by atoms with Crippen molar-refractivity contribution < 1.29 is 4.42 Å². The van der Waals surface area contributed by atoms with Gasteiger partial charge in [0.2, 0.25) is 0 Å². The highest BCUT2D eigenvalue weighted by Gasteiger charge is 2.11. The molecule has 20 heavy (non-hydrogen) atoms. The lowest BCUT2D eigenvalue weighted by Crippen LogP contribution is -2.01. The zero-order valence-electron chi connectivity index (χ0n) is 10.7. The lowest BCUT2D eigenvalue weighted by atomic mass is 10.2. The van der Waals surface area contributed by atoms with Crippen LogP contribution in [0.15, 0.2) is 59.5 Å². The minimum absolute atomic E-state index is 0.708. The van der Waals surface area contributed by atoms with Gasteiger partial charge in [-0.1, -0.05) is 30.3 Å². The number of fused-ring (bicyclic) bond motifs is 1. The number of imidazole rings is 1. The molecule has 0 aliphatic rings. The Bertz CT molecular complexity index is 827. The maximum absolute atomic E-state index is 5.08. The summed E-state index contributed by atoms with van der Waals surface area (Å²) in [4.78, 5) is 7.85. The van der Waals surface area contributed by atoms with Crippen molar-refractivity contribution in [3.63, 3.8) is 0 Å². The second-order valence-corrected chi connectivity index (χ2v) is 4.62. The van der Waals surface area contributed by atoms with Crippen LogP contribution in [0.25, 0.3) is 22.6 Å². The number of aromatic nitrogens is 4. The van der Waals surface area contributed by atoms with Crippen molar-refractivity contribution >= 4 is 11.2 Å². The second kappa shape index (κ2) is 4.38. The number of hydrogen-bond donors (Lipinski definition) is 1. The van der Waals surface area contributed by atoms with Crippen LogP contribution < -0.4 is 0 Å². The normalized spacial score (nSPS) is 11.2. The summed E-state index contributed by atoms with van der Waals surface area (Å²) in [5, 5.41) is 4.37. The standard InChI is InChI=1S/C15H12N4O/c1-2-4-11(5-3-1)9-19-15-13(8-16-19)17-14(18-15)12-6-7-20-10-12/h1-8,10H,9H2,(H,17,18). The van der Waals surface area contributed by atoms with Gasteiger partial charge in [0.1, 0.15) is 17.6 Å². The largest absolute Gasteiger partial charge is 0.472 e. The van der Waals surface area contributed by atoms with Gasteiger partial charge in [0.05, 0.1) is 24.6 Å². The van der Waals surface area contributed by atoms with Crippen LogP contribution in [0.3, 0.4) is 0 Å². The second-order valence-electron chi connectivity index (χ2n) is 4.62. The van der Waals surface area contributed by atoms with E-state index in [0.29, 0.717) is 6.54 Å². The van der Waals surface area contributed by atoms with Gasteiger partial charge in [-0.15, -0.1) is 0 Å². The molecule has 3 heterocycles. The van der Waals surface area contributed by atoms with Gasteiger partial charge >= 0.3 is 0 Å². The van der Waals surface area contributed by atoms with E-state index in [-0.39, 0.29) is 0 Å². The fourth-order valence-corrected chi connectivity index (χ4v) is 2.25. The highest BCUT2D eigenvalue weighted by Crippen LogP contribution is 2.20. The van der Waals surface area contributed by atoms with E-state index < -0.39 is 0 Å². The Morgan fingerprint density at radius 3 is 2.85 bits per heavy atom. The molecule has 0 bridgehead atoms. The Kier molecular flexibility index (Phi) is 2.42. The number of nitrogens with one attached hydrogen (secondary N) is 1. The topological polar surface area (TPSA) is 59.6 Å². The molecule has 5 nitrogen and oxygen atoms in total. The van der Waals surface area contributed by atoms with Crippen molar-refractivity contribution in [2.24, 2.45) is 0 Å². The number of H-pyrrole nitrogens is 1. The monoisotopic (exact) mass is 264 g/mol. The smallest absolute Gasteiger partial charge is 0.177 e. The molecule has 0 aliphatic carbocycles. The molecule has 0 spiro atoms. The molecule has 5 heteroatoms. The van der Waals surface area contributed by atoms with Gasteiger partial charge in [-0.05, 0) is 11.6 Å². The number of furan rings is 1. The minimum atomic E-state index is 0.708. The summed E-state index contributed by atoms with van der Waals surface area (Å²) in [5.74, 6) is 0.799. The molecule has 4 rings (SSSR count). The molecule has 0 saturated carbocycles. The molecule has 98 valence electrons. The van der Waals surface area contributed by atoms with E-state index in [2.05, 4.69) is 27.2 Å². The van der Waals surface area contributed by atoms with Crippen molar-refractivity contribution in [2.45, 2.75) is 6.54 Å². The van der Waals surface area contributed by atoms with E-state index in [1.54, 1.807) is 18.7 Å². The maximum atomic E-state index is 5.08. The number of aromatic amines is 1. The third-order valence-corrected chi connectivity index (χ3v) is 3.25. The van der Waals surface area contributed by atoms with E-state index in [9.17, 15) is 0 Å². The van der Waals surface area contributed by atoms with Crippen LogP contribution in [-0.2, 0) is 6.54 Å². The van der Waals surface area contributed by atoms with E-state index >= 15 is 0 Å². The molecule has 0 saturated heterocycles. The van der Waals surface area contributed by atoms with Crippen LogP contribution in [-0.4, -0.2) is 19.7 Å². The van der Waals surface area contributed by atoms with E-state index in [1.807, 2.05) is 28.9 Å². The lowest BCUT2D eigenvalue weighted by Gasteiger charge is -2.01. The number of rotatable bonds is 3. The molecule has 0 amide bonds. The van der Waals surface area contributed by atoms with Crippen molar-refractivity contribution in [3.8, 4) is 11.4 Å². The zero-order valence-corrected chi connectivity index (χ0v) is 10.7. The third-order valence-electron chi connectivity index (χ3n) is 3.25. The summed E-state index contributed by atoms with van der Waals surface area (Å²) in [7, 11) is 0. The Morgan fingerprint density at radius 1 is 1.15 bits per heavy atom. The van der Waals surface area contributed by atoms with Crippen LogP contribution in [0.1, 0.15) is 5.56 Å². The van der Waals surface area contributed by atoms with Crippen molar-refractivity contribution in [1.82, 2.24) is 19.7 Å². The molecular formula is C15H12N4O. The highest BCUT2D eigenvalue weighted by atomic mass is 16.3. The first-order valence-electron chi connectivity index (χ1n) is 6.38. The Balaban J connectivity index is 1.74. The summed E-state index contributed by atoms with van der Waals surface area (Å²) in [6.07, 6.45) is 5.11. The van der Waals surface area contributed by atoms with Gasteiger partial charge in [0.25, 0.3) is 0 Å². The van der Waals surface area contributed by atoms with Crippen molar-refractivity contribution in [3.05, 3.63) is 60.7 Å². The Labute approximate surface area is 114 Å². The van der Waals surface area contributed by atoms with E-state index in [4.69, 9.17) is 4.42 Å². The van der Waals surface area contributed by atoms with Crippen LogP contribution in [0.4, 0.5) is 0 Å². The summed E-state index contributed by atoms with van der Waals surface area (Å²) < 4.78 is 6.98. The first-order chi connectivity index (χ1) is 9.90. The summed E-state index contributed by atoms with van der Waals surface area (Å²) in [6.45, 7) is 0.708. The number of hydrogen-bond acceptors (Lipinski definition) is 3. The first-order valence-corrected chi connectivity index (χ1v) is 6.38. The zero-order chi connectivity index (χ0) is 13.4. The van der Waals surface area contributed by atoms with Gasteiger partial charge in [0.15, 0.2) is 5.65 Å². The molecule has 0 atom stereocenters. The first kappa shape index (κ1) is 11.0. The van der Waals surface area contributed by atoms with Gasteiger partial charge in [-0.2, -0.15) is 5.10 Å². The highest BCUT2D eigenvalue weighted by molar-refractivity contribution is 5.75. The molecule has 0 aliphatic heterocycles. The molecule has 4 aromatic rings. The molecular weight excluding hydrogens is 252 g/mol. The van der Waals surface area contributed by atoms with Crippen LogP contribution >= 0.6 is 0 Å². The fourth-order valence-electron chi connectivity index (χ4n) is 2.25. The molecule has 0 fully saturated rings. The average Bonchev–Trinajstić information content (AvgIpc) is 3.17. The molecule has 1 aromatic carbocycles. The Morgan fingerprint density at radius 2 is 2.05 bits per heavy atom. The van der Waals surface area contributed by atoms with Gasteiger partial charge < -0.3 is 9.40 Å². The quantitative estimate of drug-likeness (QED) is 0.618. The Hall–Kier alpha value is -2.82. The molecule has 0 radical (unpaired) electrons. The van der Waals surface area contributed by atoms with E-state index in [1.165, 1.54) is 5.56 Å². The third kappa shape index (κ3) is 1.80. The lowest BCUT2D eigenvalue weighted by molar-refractivity contribution is 0.568. The summed E-state index contributed by atoms with van der Waals surface area (Å²) in [6, 6.07) is 12.1. The van der Waals surface area contributed by atoms with Crippen LogP contribution in [0, 0.1) is 0 Å². The summed E-state index contributed by atoms with van der Waals surface area (Å²) in [5.41, 5.74) is 3.92. The molecule has 0 unspecified atom stereocenters. The fraction of sp³-hybridized carbons (Fsp3) is 0.0667. The SMILES string of the molecule is c1ccc(Cn2ncc3[nH]c(-c4ccoc4)nc32)cc1. The maximum Gasteiger partial charge on any atom is 0.177 e. The predicted octanol–water partition coefficient (Wildman–Crippen LogP) is 3.07. The van der Waals surface area contributed by atoms with Crippen LogP contribution in [0.5, 0.6) is 0 Å². The molecule has 3 aromatic heterocycles. The van der Waals surface area contributed by atoms with Crippen molar-refractivity contribution in [2.75, 3.05) is 0 Å². The number of benzene rings is 1. The van der Waals surface area contributed by atoms with Gasteiger partial charge in [-0.25, -0.2) is 9.67 Å². The van der Waals surface area contributed by atoms with Crippen molar-refractivity contribution in [1.29, 1.82) is 0 Å². The van der Waals surface area contributed by atoms with Gasteiger partial charge in [0, 0.05) is 0 Å². The van der Waals surface area contributed by atoms with Crippen LogP contribution in [0.2, 0.25) is 0 Å². The minimum Gasteiger partial charge on any atom is -0.472 e. The summed E-state index contributed by atoms with van der Waals surface area (Å²) >= 11 is 0. The molecule has 1 N–H and O–H groups in total. The average molecular weight is 264 g/mol. The van der Waals surface area contributed by atoms with Gasteiger partial charge in [-0.3, -0.25) is 0 Å². The number of nitrogens with zero attached hydrogens (tertiary/aromatic N) is 3.